The third kappa shape index (κ3) is 2.42. The third-order valence-corrected chi connectivity index (χ3v) is 1.73. The monoisotopic (exact) mass is 182 g/mol. The summed E-state index contributed by atoms with van der Waals surface area (Å²) in [5, 5.41) is 0. The van der Waals surface area contributed by atoms with Crippen molar-refractivity contribution in [3.05, 3.63) is 54.7 Å². The van der Waals surface area contributed by atoms with Gasteiger partial charge in [-0.15, -0.1) is 0 Å². The summed E-state index contributed by atoms with van der Waals surface area (Å²) in [4.78, 5) is 4.25. The van der Waals surface area contributed by atoms with Gasteiger partial charge in [-0.3, -0.25) is 4.98 Å². The summed E-state index contributed by atoms with van der Waals surface area (Å²) < 4.78 is 0. The molecule has 0 saturated heterocycles. The van der Waals surface area contributed by atoms with E-state index in [1.54, 1.807) is 0 Å². The van der Waals surface area contributed by atoms with Crippen LogP contribution in [-0.4, -0.2) is 22.3 Å². The Labute approximate surface area is 88.6 Å². The van der Waals surface area contributed by atoms with E-state index in [1.807, 2.05) is 42.6 Å². The molecule has 0 aliphatic heterocycles. The Morgan fingerprint density at radius 1 is 0.769 bits per heavy atom. The minimum absolute atomic E-state index is 0. The van der Waals surface area contributed by atoms with Gasteiger partial charge in [-0.2, -0.15) is 0 Å². The van der Waals surface area contributed by atoms with Crippen LogP contribution in [0.2, 0.25) is 0 Å². The van der Waals surface area contributed by atoms with Gasteiger partial charge in [0, 0.05) is 29.1 Å². The first kappa shape index (κ1) is 9.99. The molecule has 2 aromatic rings. The molecule has 0 saturated carbocycles. The molecule has 2 rings (SSSR count). The van der Waals surface area contributed by atoms with Crippen LogP contribution in [0.15, 0.2) is 54.7 Å². The van der Waals surface area contributed by atoms with Crippen molar-refractivity contribution < 1.29 is 0 Å². The van der Waals surface area contributed by atoms with Gasteiger partial charge in [-0.05, 0) is 12.1 Å². The smallest absolute Gasteiger partial charge is 0.0701 e. The van der Waals surface area contributed by atoms with Crippen molar-refractivity contribution in [2.75, 3.05) is 0 Å². The zero-order chi connectivity index (χ0) is 8.23. The van der Waals surface area contributed by atoms with Gasteiger partial charge in [-0.25, -0.2) is 0 Å². The van der Waals surface area contributed by atoms with Crippen molar-refractivity contribution in [2.45, 2.75) is 0 Å². The number of pyridine rings is 1. The van der Waals surface area contributed by atoms with Crippen LogP contribution in [0, 0.1) is 0 Å². The maximum atomic E-state index is 4.25. The van der Waals surface area contributed by atoms with E-state index in [-0.39, 0.29) is 17.4 Å². The van der Waals surface area contributed by atoms with Crippen LogP contribution < -0.4 is 0 Å². The fraction of sp³-hybridized carbons (Fsp3) is 0. The van der Waals surface area contributed by atoms with Crippen LogP contribution in [-0.2, 0) is 0 Å². The highest BCUT2D eigenvalue weighted by atomic mass is 27.0. The normalized spacial score (nSPS) is 8.92. The first-order valence-corrected chi connectivity index (χ1v) is 3.93. The van der Waals surface area contributed by atoms with Crippen LogP contribution in [0.25, 0.3) is 11.3 Å². The average molecular weight is 182 g/mol. The van der Waals surface area contributed by atoms with Gasteiger partial charge in [-0.1, -0.05) is 36.4 Å². The quantitative estimate of drug-likeness (QED) is 0.617. The molecular weight excluding hydrogens is 173 g/mol. The van der Waals surface area contributed by atoms with Crippen LogP contribution in [0.5, 0.6) is 0 Å². The highest BCUT2D eigenvalue weighted by molar-refractivity contribution is 5.75. The van der Waals surface area contributed by atoms with Gasteiger partial charge < -0.3 is 0 Å². The average Bonchev–Trinajstić information content (AvgIpc) is 2.21. The molecule has 0 bridgehead atoms. The van der Waals surface area contributed by atoms with Crippen molar-refractivity contribution in [3.63, 3.8) is 0 Å². The molecule has 1 aromatic heterocycles. The van der Waals surface area contributed by atoms with Crippen molar-refractivity contribution in [2.24, 2.45) is 0 Å². The van der Waals surface area contributed by atoms with Gasteiger partial charge in [0.1, 0.15) is 0 Å². The second-order valence-corrected chi connectivity index (χ2v) is 2.58. The molecule has 0 atom stereocenters. The molecule has 2 heteroatoms. The summed E-state index contributed by atoms with van der Waals surface area (Å²) in [5.41, 5.74) is 2.19. The van der Waals surface area contributed by atoms with E-state index >= 15 is 0 Å². The molecule has 1 aromatic carbocycles. The lowest BCUT2D eigenvalue weighted by molar-refractivity contribution is 1.33. The van der Waals surface area contributed by atoms with E-state index in [0.717, 1.165) is 11.3 Å². The molecule has 0 aliphatic rings. The predicted molar refractivity (Wildman–Crippen MR) is 55.4 cm³/mol. The van der Waals surface area contributed by atoms with Crippen LogP contribution >= 0.6 is 0 Å². The minimum Gasteiger partial charge on any atom is -0.256 e. The molecule has 0 fully saturated rings. The molecule has 0 aliphatic carbocycles. The zero-order valence-electron chi connectivity index (χ0n) is 7.22. The predicted octanol–water partition coefficient (Wildman–Crippen LogP) is 2.37. The van der Waals surface area contributed by atoms with E-state index in [2.05, 4.69) is 17.1 Å². The molecular formula is C11H9AlN. The number of hydrogen-bond donors (Lipinski definition) is 0. The van der Waals surface area contributed by atoms with Crippen LogP contribution in [0.4, 0.5) is 0 Å². The van der Waals surface area contributed by atoms with E-state index < -0.39 is 0 Å². The van der Waals surface area contributed by atoms with Gasteiger partial charge in [0.25, 0.3) is 0 Å². The lowest BCUT2D eigenvalue weighted by atomic mass is 10.1. The van der Waals surface area contributed by atoms with E-state index in [0.29, 0.717) is 0 Å². The summed E-state index contributed by atoms with van der Waals surface area (Å²) in [7, 11) is 0. The Morgan fingerprint density at radius 3 is 2.08 bits per heavy atom. The number of benzene rings is 1. The van der Waals surface area contributed by atoms with Gasteiger partial charge >= 0.3 is 0 Å². The Balaban J connectivity index is 0.000000845. The minimum atomic E-state index is 0. The summed E-state index contributed by atoms with van der Waals surface area (Å²) in [6.45, 7) is 0. The molecule has 0 amide bonds. The molecule has 0 spiro atoms. The topological polar surface area (TPSA) is 12.9 Å². The van der Waals surface area contributed by atoms with Gasteiger partial charge in [0.05, 0.1) is 5.69 Å². The highest BCUT2D eigenvalue weighted by Crippen LogP contribution is 2.14. The van der Waals surface area contributed by atoms with E-state index in [9.17, 15) is 0 Å². The first-order chi connectivity index (χ1) is 5.97. The lowest BCUT2D eigenvalue weighted by Gasteiger charge is -1.97. The first-order valence-electron chi connectivity index (χ1n) is 3.93. The molecule has 3 radical (unpaired) electrons. The van der Waals surface area contributed by atoms with E-state index in [4.69, 9.17) is 0 Å². The summed E-state index contributed by atoms with van der Waals surface area (Å²) in [6, 6.07) is 16.1. The van der Waals surface area contributed by atoms with Crippen molar-refractivity contribution >= 4 is 17.4 Å². The highest BCUT2D eigenvalue weighted by Gasteiger charge is 1.93. The van der Waals surface area contributed by atoms with Gasteiger partial charge in [0.15, 0.2) is 0 Å². The Hall–Kier alpha value is -1.10. The second kappa shape index (κ2) is 4.81. The SMILES string of the molecule is [Al].c1ccc(-c2ccccn2)cc1. The molecule has 61 valence electrons. The standard InChI is InChI=1S/C11H9N.Al/c1-2-6-10(7-3-1)11-8-4-5-9-12-11;/h1-9H;. The maximum Gasteiger partial charge on any atom is 0.0701 e. The fourth-order valence-corrected chi connectivity index (χ4v) is 1.14. The van der Waals surface area contributed by atoms with Crippen molar-refractivity contribution in [1.82, 2.24) is 4.98 Å². The molecule has 0 N–H and O–H groups in total. The van der Waals surface area contributed by atoms with Crippen molar-refractivity contribution in [3.8, 4) is 11.3 Å². The summed E-state index contributed by atoms with van der Waals surface area (Å²) in [5.74, 6) is 0. The Kier molecular flexibility index (Phi) is 3.70. The maximum absolute atomic E-state index is 4.25. The molecule has 1 heterocycles. The largest absolute Gasteiger partial charge is 0.256 e. The zero-order valence-corrected chi connectivity index (χ0v) is 8.38. The molecule has 13 heavy (non-hydrogen) atoms. The third-order valence-electron chi connectivity index (χ3n) is 1.73. The van der Waals surface area contributed by atoms with Crippen molar-refractivity contribution in [1.29, 1.82) is 0 Å². The number of aromatic nitrogens is 1. The van der Waals surface area contributed by atoms with Gasteiger partial charge in [0.2, 0.25) is 0 Å². The molecule has 0 unspecified atom stereocenters. The lowest BCUT2D eigenvalue weighted by Crippen LogP contribution is -1.79. The number of hydrogen-bond acceptors (Lipinski definition) is 1. The van der Waals surface area contributed by atoms with Crippen LogP contribution in [0.3, 0.4) is 0 Å². The number of nitrogens with zero attached hydrogens (tertiary/aromatic N) is 1. The Bertz CT molecular complexity index is 307. The summed E-state index contributed by atoms with van der Waals surface area (Å²) in [6.07, 6.45) is 1.81. The fourth-order valence-electron chi connectivity index (χ4n) is 1.14. The summed E-state index contributed by atoms with van der Waals surface area (Å²) >= 11 is 0. The Morgan fingerprint density at radius 2 is 1.46 bits per heavy atom. The van der Waals surface area contributed by atoms with E-state index in [1.165, 1.54) is 0 Å². The number of rotatable bonds is 1. The molecule has 1 nitrogen and oxygen atoms in total. The second-order valence-electron chi connectivity index (χ2n) is 2.58. The van der Waals surface area contributed by atoms with Crippen LogP contribution in [0.1, 0.15) is 0 Å².